The van der Waals surface area contributed by atoms with E-state index in [4.69, 9.17) is 0 Å². The third kappa shape index (κ3) is 2.58. The number of nitrogens with one attached hydrogen (secondary N) is 1. The topological polar surface area (TPSA) is 56.4 Å². The van der Waals surface area contributed by atoms with E-state index in [0.29, 0.717) is 18.9 Å². The van der Waals surface area contributed by atoms with Gasteiger partial charge in [0, 0.05) is 50.2 Å². The van der Waals surface area contributed by atoms with E-state index in [2.05, 4.69) is 11.1 Å². The quantitative estimate of drug-likeness (QED) is 0.939. The van der Waals surface area contributed by atoms with Gasteiger partial charge in [-0.05, 0) is 30.4 Å². The first-order valence-electron chi connectivity index (χ1n) is 8.71. The minimum Gasteiger partial charge on any atom is -0.361 e. The fourth-order valence-electron chi connectivity index (χ4n) is 4.14. The zero-order valence-corrected chi connectivity index (χ0v) is 14.0. The van der Waals surface area contributed by atoms with Crippen LogP contribution in [0.25, 0.3) is 10.9 Å². The Kier molecular flexibility index (Phi) is 3.79. The van der Waals surface area contributed by atoms with Crippen LogP contribution in [0.3, 0.4) is 0 Å². The summed E-state index contributed by atoms with van der Waals surface area (Å²) >= 11 is 0. The second-order valence-corrected chi connectivity index (χ2v) is 7.07. The molecule has 0 radical (unpaired) electrons. The van der Waals surface area contributed by atoms with Crippen LogP contribution in [0.1, 0.15) is 18.4 Å². The highest BCUT2D eigenvalue weighted by molar-refractivity contribution is 5.85. The Morgan fingerprint density at radius 1 is 1.29 bits per heavy atom. The number of aryl methyl sites for hydroxylation is 1. The number of benzene rings is 1. The summed E-state index contributed by atoms with van der Waals surface area (Å²) < 4.78 is 0. The molecule has 2 atom stereocenters. The van der Waals surface area contributed by atoms with Crippen LogP contribution in [-0.2, 0) is 16.0 Å². The lowest BCUT2D eigenvalue weighted by Gasteiger charge is -2.30. The summed E-state index contributed by atoms with van der Waals surface area (Å²) in [6, 6.07) is 8.17. The third-order valence-corrected chi connectivity index (χ3v) is 5.61. The van der Waals surface area contributed by atoms with Gasteiger partial charge in [-0.2, -0.15) is 0 Å². The fourth-order valence-corrected chi connectivity index (χ4v) is 4.14. The SMILES string of the molecule is CN1CC[C@@H]2CN(C(=O)CCc3c[nH]c4ccccc34)C[C@@H]2C1=O. The van der Waals surface area contributed by atoms with E-state index >= 15 is 0 Å². The minimum atomic E-state index is 0.0146. The minimum absolute atomic E-state index is 0.0146. The summed E-state index contributed by atoms with van der Waals surface area (Å²) in [5.74, 6) is 0.745. The van der Waals surface area contributed by atoms with Crippen LogP contribution in [0, 0.1) is 11.8 Å². The van der Waals surface area contributed by atoms with Gasteiger partial charge < -0.3 is 14.8 Å². The van der Waals surface area contributed by atoms with Gasteiger partial charge in [0.2, 0.25) is 11.8 Å². The van der Waals surface area contributed by atoms with Gasteiger partial charge in [0.15, 0.2) is 0 Å². The van der Waals surface area contributed by atoms with Crippen molar-refractivity contribution in [3.05, 3.63) is 36.0 Å². The van der Waals surface area contributed by atoms with E-state index in [9.17, 15) is 9.59 Å². The molecule has 2 aromatic rings. The van der Waals surface area contributed by atoms with Gasteiger partial charge in [-0.1, -0.05) is 18.2 Å². The molecule has 0 aliphatic carbocycles. The zero-order chi connectivity index (χ0) is 16.7. The maximum Gasteiger partial charge on any atom is 0.227 e. The molecule has 1 N–H and O–H groups in total. The smallest absolute Gasteiger partial charge is 0.227 e. The van der Waals surface area contributed by atoms with Crippen molar-refractivity contribution < 1.29 is 9.59 Å². The first-order valence-corrected chi connectivity index (χ1v) is 8.71. The monoisotopic (exact) mass is 325 g/mol. The molecule has 0 spiro atoms. The predicted octanol–water partition coefficient (Wildman–Crippen LogP) is 2.04. The maximum absolute atomic E-state index is 12.6. The van der Waals surface area contributed by atoms with Crippen LogP contribution in [0.2, 0.25) is 0 Å². The molecule has 1 aromatic carbocycles. The van der Waals surface area contributed by atoms with E-state index in [-0.39, 0.29) is 17.7 Å². The normalized spacial score (nSPS) is 23.8. The lowest BCUT2D eigenvalue weighted by Crippen LogP contribution is -2.42. The highest BCUT2D eigenvalue weighted by Gasteiger charge is 2.42. The lowest BCUT2D eigenvalue weighted by molar-refractivity contribution is -0.138. The van der Waals surface area contributed by atoms with Gasteiger partial charge in [-0.3, -0.25) is 9.59 Å². The molecule has 0 unspecified atom stereocenters. The molecule has 2 saturated heterocycles. The molecular weight excluding hydrogens is 302 g/mol. The molecule has 24 heavy (non-hydrogen) atoms. The van der Waals surface area contributed by atoms with E-state index in [1.54, 1.807) is 4.90 Å². The van der Waals surface area contributed by atoms with Gasteiger partial charge in [-0.15, -0.1) is 0 Å². The number of carbonyl (C=O) groups excluding carboxylic acids is 2. The number of aromatic nitrogens is 1. The Bertz CT molecular complexity index is 782. The number of fused-ring (bicyclic) bond motifs is 2. The summed E-state index contributed by atoms with van der Waals surface area (Å²) in [4.78, 5) is 31.8. The van der Waals surface area contributed by atoms with Crippen molar-refractivity contribution in [2.45, 2.75) is 19.3 Å². The summed E-state index contributed by atoms with van der Waals surface area (Å²) in [5.41, 5.74) is 2.30. The summed E-state index contributed by atoms with van der Waals surface area (Å²) in [5, 5.41) is 1.19. The van der Waals surface area contributed by atoms with Gasteiger partial charge in [0.25, 0.3) is 0 Å². The van der Waals surface area contributed by atoms with Crippen LogP contribution >= 0.6 is 0 Å². The highest BCUT2D eigenvalue weighted by Crippen LogP contribution is 2.32. The van der Waals surface area contributed by atoms with E-state index in [0.717, 1.165) is 31.4 Å². The fraction of sp³-hybridized carbons (Fsp3) is 0.474. The maximum atomic E-state index is 12.6. The zero-order valence-electron chi connectivity index (χ0n) is 14.0. The van der Waals surface area contributed by atoms with Gasteiger partial charge in [-0.25, -0.2) is 0 Å². The molecule has 0 bridgehead atoms. The summed E-state index contributed by atoms with van der Waals surface area (Å²) in [7, 11) is 1.86. The van der Waals surface area contributed by atoms with E-state index < -0.39 is 0 Å². The van der Waals surface area contributed by atoms with E-state index in [1.165, 1.54) is 10.9 Å². The molecule has 4 rings (SSSR count). The molecule has 2 aliphatic heterocycles. The van der Waals surface area contributed by atoms with Crippen LogP contribution in [0.15, 0.2) is 30.5 Å². The molecule has 0 saturated carbocycles. The van der Waals surface area contributed by atoms with Crippen molar-refractivity contribution in [1.82, 2.24) is 14.8 Å². The van der Waals surface area contributed by atoms with Crippen LogP contribution in [0.4, 0.5) is 0 Å². The number of carbonyl (C=O) groups is 2. The second kappa shape index (κ2) is 5.96. The summed E-state index contributed by atoms with van der Waals surface area (Å²) in [6.07, 6.45) is 4.26. The van der Waals surface area contributed by atoms with Crippen molar-refractivity contribution in [2.75, 3.05) is 26.7 Å². The molecule has 5 heteroatoms. The van der Waals surface area contributed by atoms with Crippen molar-refractivity contribution in [1.29, 1.82) is 0 Å². The molecule has 2 fully saturated rings. The van der Waals surface area contributed by atoms with Crippen molar-refractivity contribution in [3.8, 4) is 0 Å². The number of hydrogen-bond acceptors (Lipinski definition) is 2. The summed E-state index contributed by atoms with van der Waals surface area (Å²) in [6.45, 7) is 2.16. The van der Waals surface area contributed by atoms with Crippen molar-refractivity contribution in [3.63, 3.8) is 0 Å². The number of H-pyrrole nitrogens is 1. The Morgan fingerprint density at radius 3 is 3.00 bits per heavy atom. The first-order chi connectivity index (χ1) is 11.6. The van der Waals surface area contributed by atoms with Crippen molar-refractivity contribution >= 4 is 22.7 Å². The Hall–Kier alpha value is -2.30. The van der Waals surface area contributed by atoms with Gasteiger partial charge in [0.1, 0.15) is 0 Å². The molecule has 5 nitrogen and oxygen atoms in total. The molecule has 3 heterocycles. The number of nitrogens with zero attached hydrogens (tertiary/aromatic N) is 2. The molecule has 2 amide bonds. The average molecular weight is 325 g/mol. The number of hydrogen-bond donors (Lipinski definition) is 1. The number of aromatic amines is 1. The Labute approximate surface area is 141 Å². The Morgan fingerprint density at radius 2 is 2.12 bits per heavy atom. The van der Waals surface area contributed by atoms with Crippen LogP contribution in [0.5, 0.6) is 0 Å². The largest absolute Gasteiger partial charge is 0.361 e. The number of likely N-dealkylation sites (tertiary alicyclic amines) is 2. The van der Waals surface area contributed by atoms with Crippen LogP contribution < -0.4 is 0 Å². The standard InChI is InChI=1S/C19H23N3O2/c1-21-9-8-14-11-22(12-16(14)19(21)24)18(23)7-6-13-10-20-17-5-3-2-4-15(13)17/h2-5,10,14,16,20H,6-9,11-12H2,1H3/t14-,16+/m1/s1. The predicted molar refractivity (Wildman–Crippen MR) is 92.4 cm³/mol. The highest BCUT2D eigenvalue weighted by atomic mass is 16.2. The van der Waals surface area contributed by atoms with E-state index in [1.807, 2.05) is 36.3 Å². The number of rotatable bonds is 3. The molecule has 2 aliphatic rings. The number of piperidine rings is 1. The average Bonchev–Trinajstić information content (AvgIpc) is 3.21. The molecule has 1 aromatic heterocycles. The Balaban J connectivity index is 1.39. The number of amides is 2. The van der Waals surface area contributed by atoms with Crippen LogP contribution in [-0.4, -0.2) is 53.3 Å². The van der Waals surface area contributed by atoms with Crippen molar-refractivity contribution in [2.24, 2.45) is 11.8 Å². The first kappa shape index (κ1) is 15.2. The lowest BCUT2D eigenvalue weighted by atomic mass is 9.88. The third-order valence-electron chi connectivity index (χ3n) is 5.61. The van der Waals surface area contributed by atoms with Gasteiger partial charge in [0.05, 0.1) is 5.92 Å². The molecule has 126 valence electrons. The molecular formula is C19H23N3O2. The van der Waals surface area contributed by atoms with Gasteiger partial charge >= 0.3 is 0 Å². The second-order valence-electron chi connectivity index (χ2n) is 7.07. The number of para-hydroxylation sites is 1.